The maximum Gasteiger partial charge on any atom is 0.257 e. The van der Waals surface area contributed by atoms with Crippen LogP contribution in [0.1, 0.15) is 23.2 Å². The number of carbonyl (C=O) groups excluding carboxylic acids is 2. The lowest BCUT2D eigenvalue weighted by molar-refractivity contribution is -0.117. The molecule has 1 aliphatic carbocycles. The second-order valence-corrected chi connectivity index (χ2v) is 9.62. The molecule has 0 radical (unpaired) electrons. The van der Waals surface area contributed by atoms with Crippen molar-refractivity contribution in [2.24, 2.45) is 5.92 Å². The monoisotopic (exact) mass is 532 g/mol. The molecule has 1 N–H and O–H groups in total. The van der Waals surface area contributed by atoms with Crippen LogP contribution in [0.5, 0.6) is 5.75 Å². The number of amides is 2. The molecule has 194 valence electrons. The number of aromatic nitrogens is 2. The summed E-state index contributed by atoms with van der Waals surface area (Å²) in [6.07, 6.45) is 3.77. The molecular weight excluding hydrogens is 507 g/mol. The maximum absolute atomic E-state index is 14.3. The van der Waals surface area contributed by atoms with Crippen LogP contribution < -0.4 is 10.1 Å². The first kappa shape index (κ1) is 25.5. The van der Waals surface area contributed by atoms with Gasteiger partial charge in [0.1, 0.15) is 18.1 Å². The van der Waals surface area contributed by atoms with E-state index in [0.717, 1.165) is 24.1 Å². The summed E-state index contributed by atoms with van der Waals surface area (Å²) in [4.78, 5) is 32.4. The van der Waals surface area contributed by atoms with Crippen LogP contribution in [0.3, 0.4) is 0 Å². The van der Waals surface area contributed by atoms with Crippen molar-refractivity contribution in [3.05, 3.63) is 95.4 Å². The molecule has 2 amide bonds. The van der Waals surface area contributed by atoms with Gasteiger partial charge in [0.05, 0.1) is 18.4 Å². The molecule has 3 aromatic carbocycles. The number of nitrogens with one attached hydrogen (secondary N) is 1. The Hall–Kier alpha value is -4.17. The largest absolute Gasteiger partial charge is 0.497 e. The molecule has 9 heteroatoms. The van der Waals surface area contributed by atoms with E-state index in [9.17, 15) is 14.0 Å². The molecule has 5 rings (SSSR count). The van der Waals surface area contributed by atoms with E-state index in [4.69, 9.17) is 16.3 Å². The summed E-state index contributed by atoms with van der Waals surface area (Å²) in [6.45, 7) is 0.166. The second kappa shape index (κ2) is 11.1. The molecule has 0 spiro atoms. The van der Waals surface area contributed by atoms with Gasteiger partial charge in [-0.2, -0.15) is 0 Å². The predicted octanol–water partition coefficient (Wildman–Crippen LogP) is 5.83. The zero-order chi connectivity index (χ0) is 26.6. The zero-order valence-corrected chi connectivity index (χ0v) is 21.5. The maximum atomic E-state index is 14.3. The first-order valence-electron chi connectivity index (χ1n) is 12.2. The Morgan fingerprint density at radius 1 is 1.08 bits per heavy atom. The molecule has 7 nitrogen and oxygen atoms in total. The molecule has 4 aromatic rings. The lowest BCUT2D eigenvalue weighted by Crippen LogP contribution is -2.40. The standard InChI is InChI=1S/C29H26ClFN4O3/c1-38-23-14-12-22(13-15-23)35-17-26(20-8-10-21(30)11-9-20)32-29(35)33-27(36)18-34(16-19-6-7-19)28(37)24-4-2-3-5-25(24)31/h2-5,8-15,17,19H,6-7,16,18H2,1H3,(H,32,33,36). The van der Waals surface area contributed by atoms with Gasteiger partial charge in [-0.3, -0.25) is 19.5 Å². The van der Waals surface area contributed by atoms with Gasteiger partial charge >= 0.3 is 0 Å². The first-order chi connectivity index (χ1) is 18.4. The number of halogens is 2. The number of anilines is 1. The summed E-state index contributed by atoms with van der Waals surface area (Å²) in [5, 5.41) is 3.46. The molecule has 1 fully saturated rings. The third-order valence-corrected chi connectivity index (χ3v) is 6.60. The van der Waals surface area contributed by atoms with Crippen LogP contribution >= 0.6 is 11.6 Å². The first-order valence-corrected chi connectivity index (χ1v) is 12.6. The van der Waals surface area contributed by atoms with E-state index in [1.807, 2.05) is 42.6 Å². The van der Waals surface area contributed by atoms with Gasteiger partial charge in [-0.1, -0.05) is 35.9 Å². The zero-order valence-electron chi connectivity index (χ0n) is 20.7. The number of carbonyl (C=O) groups is 2. The topological polar surface area (TPSA) is 76.5 Å². The molecule has 0 atom stereocenters. The number of hydrogen-bond acceptors (Lipinski definition) is 4. The quantitative estimate of drug-likeness (QED) is 0.294. The average Bonchev–Trinajstić information content (AvgIpc) is 3.65. The molecule has 0 unspecified atom stereocenters. The van der Waals surface area contributed by atoms with Gasteiger partial charge in [0, 0.05) is 29.0 Å². The van der Waals surface area contributed by atoms with E-state index < -0.39 is 17.6 Å². The highest BCUT2D eigenvalue weighted by molar-refractivity contribution is 6.30. The summed E-state index contributed by atoms with van der Waals surface area (Å²) >= 11 is 6.05. The van der Waals surface area contributed by atoms with Crippen molar-refractivity contribution in [2.45, 2.75) is 12.8 Å². The van der Waals surface area contributed by atoms with E-state index in [0.29, 0.717) is 28.9 Å². The fourth-order valence-corrected chi connectivity index (χ4v) is 4.27. The Kier molecular flexibility index (Phi) is 7.42. The summed E-state index contributed by atoms with van der Waals surface area (Å²) in [6, 6.07) is 20.4. The van der Waals surface area contributed by atoms with Gasteiger partial charge in [-0.05, 0) is 67.3 Å². The number of hydrogen-bond donors (Lipinski definition) is 1. The molecule has 1 heterocycles. The number of benzene rings is 3. The van der Waals surface area contributed by atoms with Crippen molar-refractivity contribution in [2.75, 3.05) is 25.5 Å². The molecule has 0 aliphatic heterocycles. The van der Waals surface area contributed by atoms with Crippen molar-refractivity contribution in [1.29, 1.82) is 0 Å². The van der Waals surface area contributed by atoms with Gasteiger partial charge in [0.2, 0.25) is 11.9 Å². The normalized spacial score (nSPS) is 12.7. The Balaban J connectivity index is 1.42. The van der Waals surface area contributed by atoms with E-state index in [-0.39, 0.29) is 18.1 Å². The van der Waals surface area contributed by atoms with E-state index in [2.05, 4.69) is 10.3 Å². The Morgan fingerprint density at radius 3 is 2.45 bits per heavy atom. The fourth-order valence-electron chi connectivity index (χ4n) is 4.14. The molecule has 0 saturated heterocycles. The third kappa shape index (κ3) is 5.86. The molecule has 0 bridgehead atoms. The SMILES string of the molecule is COc1ccc(-n2cc(-c3ccc(Cl)cc3)nc2NC(=O)CN(CC2CC2)C(=O)c2ccccc2F)cc1. The molecule has 1 aliphatic rings. The Labute approximate surface area is 224 Å². The van der Waals surface area contributed by atoms with E-state index in [1.54, 1.807) is 29.9 Å². The number of nitrogens with zero attached hydrogens (tertiary/aromatic N) is 3. The van der Waals surface area contributed by atoms with Gasteiger partial charge in [0.15, 0.2) is 0 Å². The van der Waals surface area contributed by atoms with Crippen molar-refractivity contribution in [3.8, 4) is 22.7 Å². The minimum atomic E-state index is -0.610. The van der Waals surface area contributed by atoms with E-state index >= 15 is 0 Å². The molecule has 1 saturated carbocycles. The predicted molar refractivity (Wildman–Crippen MR) is 144 cm³/mol. The number of methoxy groups -OCH3 is 1. The lowest BCUT2D eigenvalue weighted by Gasteiger charge is -2.22. The van der Waals surface area contributed by atoms with Gasteiger partial charge in [-0.25, -0.2) is 9.37 Å². The minimum absolute atomic E-state index is 0.0503. The summed E-state index contributed by atoms with van der Waals surface area (Å²) in [7, 11) is 1.59. The van der Waals surface area contributed by atoms with Crippen molar-refractivity contribution in [3.63, 3.8) is 0 Å². The summed E-state index contributed by atoms with van der Waals surface area (Å²) in [5.41, 5.74) is 2.16. The summed E-state index contributed by atoms with van der Waals surface area (Å²) in [5.74, 6) is -0.254. The second-order valence-electron chi connectivity index (χ2n) is 9.18. The van der Waals surface area contributed by atoms with Gasteiger partial charge in [0.25, 0.3) is 5.91 Å². The van der Waals surface area contributed by atoms with Crippen LogP contribution in [0, 0.1) is 11.7 Å². The number of ether oxygens (including phenoxy) is 1. The highest BCUT2D eigenvalue weighted by Crippen LogP contribution is 2.31. The van der Waals surface area contributed by atoms with Crippen LogP contribution in [0.15, 0.2) is 79.0 Å². The highest BCUT2D eigenvalue weighted by atomic mass is 35.5. The van der Waals surface area contributed by atoms with Crippen LogP contribution in [-0.4, -0.2) is 46.5 Å². The molecule has 1 aromatic heterocycles. The summed E-state index contributed by atoms with van der Waals surface area (Å²) < 4.78 is 21.4. The highest BCUT2D eigenvalue weighted by Gasteiger charge is 2.30. The number of rotatable bonds is 9. The van der Waals surface area contributed by atoms with Crippen molar-refractivity contribution in [1.82, 2.24) is 14.5 Å². The van der Waals surface area contributed by atoms with Gasteiger partial charge in [-0.15, -0.1) is 0 Å². The van der Waals surface area contributed by atoms with Crippen LogP contribution in [0.4, 0.5) is 10.3 Å². The van der Waals surface area contributed by atoms with Gasteiger partial charge < -0.3 is 9.64 Å². The molecule has 38 heavy (non-hydrogen) atoms. The van der Waals surface area contributed by atoms with Crippen LogP contribution in [0.2, 0.25) is 5.02 Å². The van der Waals surface area contributed by atoms with Crippen molar-refractivity contribution >= 4 is 29.4 Å². The Bertz CT molecular complexity index is 1450. The van der Waals surface area contributed by atoms with Crippen LogP contribution in [0.25, 0.3) is 16.9 Å². The fraction of sp³-hybridized carbons (Fsp3) is 0.207. The molecular formula is C29H26ClFN4O3. The number of imidazole rings is 1. The minimum Gasteiger partial charge on any atom is -0.497 e. The Morgan fingerprint density at radius 2 is 1.79 bits per heavy atom. The van der Waals surface area contributed by atoms with E-state index in [1.165, 1.54) is 23.1 Å². The smallest absolute Gasteiger partial charge is 0.257 e. The van der Waals surface area contributed by atoms with Crippen molar-refractivity contribution < 1.29 is 18.7 Å². The average molecular weight is 533 g/mol. The van der Waals surface area contributed by atoms with Crippen LogP contribution in [-0.2, 0) is 4.79 Å². The lowest BCUT2D eigenvalue weighted by atomic mass is 10.1. The third-order valence-electron chi connectivity index (χ3n) is 6.35.